The predicted octanol–water partition coefficient (Wildman–Crippen LogP) is 3.87. The van der Waals surface area contributed by atoms with Crippen LogP contribution in [0.15, 0.2) is 30.3 Å². The molecule has 0 spiro atoms. The summed E-state index contributed by atoms with van der Waals surface area (Å²) in [5.41, 5.74) is 2.92. The van der Waals surface area contributed by atoms with Gasteiger partial charge < -0.3 is 4.74 Å². The van der Waals surface area contributed by atoms with Gasteiger partial charge in [0, 0.05) is 6.07 Å². The van der Waals surface area contributed by atoms with E-state index in [0.717, 1.165) is 16.9 Å². The van der Waals surface area contributed by atoms with Gasteiger partial charge in [0.15, 0.2) is 0 Å². The minimum Gasteiger partial charge on any atom is -0.407 e. The molecule has 1 heterocycles. The van der Waals surface area contributed by atoms with Gasteiger partial charge in [-0.2, -0.15) is 5.10 Å². The van der Waals surface area contributed by atoms with Crippen molar-refractivity contribution in [3.63, 3.8) is 0 Å². The van der Waals surface area contributed by atoms with Gasteiger partial charge in [-0.3, -0.25) is 4.79 Å². The maximum absolute atomic E-state index is 11.9. The van der Waals surface area contributed by atoms with Crippen molar-refractivity contribution in [2.75, 3.05) is 0 Å². The highest BCUT2D eigenvalue weighted by molar-refractivity contribution is 5.74. The van der Waals surface area contributed by atoms with Crippen LogP contribution in [0.5, 0.6) is 5.88 Å². The first kappa shape index (κ1) is 15.3. The van der Waals surface area contributed by atoms with Crippen LogP contribution in [-0.2, 0) is 4.79 Å². The molecule has 0 bridgehead atoms. The SMILES string of the molecule is Cc1ccccc1-n1nc(C(C)C)cc1OC(=O)C(C)C. The number of hydrogen-bond acceptors (Lipinski definition) is 3. The lowest BCUT2D eigenvalue weighted by molar-refractivity contribution is -0.138. The van der Waals surface area contributed by atoms with E-state index in [-0.39, 0.29) is 17.8 Å². The van der Waals surface area contributed by atoms with Gasteiger partial charge in [0.1, 0.15) is 0 Å². The Labute approximate surface area is 125 Å². The van der Waals surface area contributed by atoms with Gasteiger partial charge in [-0.15, -0.1) is 0 Å². The monoisotopic (exact) mass is 286 g/mol. The number of rotatable bonds is 4. The minimum absolute atomic E-state index is 0.173. The lowest BCUT2D eigenvalue weighted by Gasteiger charge is -2.11. The molecule has 0 aliphatic heterocycles. The third kappa shape index (κ3) is 3.32. The highest BCUT2D eigenvalue weighted by atomic mass is 16.5. The molecule has 112 valence electrons. The highest BCUT2D eigenvalue weighted by Crippen LogP contribution is 2.26. The molecule has 0 amide bonds. The third-order valence-corrected chi connectivity index (χ3v) is 3.31. The fraction of sp³-hybridized carbons (Fsp3) is 0.412. The average molecular weight is 286 g/mol. The number of carbonyl (C=O) groups is 1. The zero-order valence-corrected chi connectivity index (χ0v) is 13.3. The van der Waals surface area contributed by atoms with E-state index in [2.05, 4.69) is 18.9 Å². The third-order valence-electron chi connectivity index (χ3n) is 3.31. The molecular formula is C17H22N2O2. The van der Waals surface area contributed by atoms with E-state index in [1.807, 2.05) is 51.1 Å². The van der Waals surface area contributed by atoms with E-state index in [1.54, 1.807) is 4.68 Å². The van der Waals surface area contributed by atoms with E-state index >= 15 is 0 Å². The molecule has 21 heavy (non-hydrogen) atoms. The Morgan fingerprint density at radius 3 is 2.43 bits per heavy atom. The van der Waals surface area contributed by atoms with Gasteiger partial charge in [0.05, 0.1) is 17.3 Å². The number of esters is 1. The summed E-state index contributed by atoms with van der Waals surface area (Å²) < 4.78 is 7.22. The van der Waals surface area contributed by atoms with Crippen molar-refractivity contribution in [1.82, 2.24) is 9.78 Å². The molecule has 1 aromatic heterocycles. The molecule has 0 radical (unpaired) electrons. The Kier molecular flexibility index (Phi) is 4.46. The standard InChI is InChI=1S/C17H22N2O2/c1-11(2)14-10-16(21-17(20)12(3)4)19(18-14)15-9-7-6-8-13(15)5/h6-12H,1-5H3. The first-order chi connectivity index (χ1) is 9.90. The molecule has 0 unspecified atom stereocenters. The maximum atomic E-state index is 11.9. The van der Waals surface area contributed by atoms with Crippen LogP contribution in [0.2, 0.25) is 0 Å². The van der Waals surface area contributed by atoms with Gasteiger partial charge in [0.2, 0.25) is 5.88 Å². The second kappa shape index (κ2) is 6.12. The van der Waals surface area contributed by atoms with Crippen LogP contribution in [0.25, 0.3) is 5.69 Å². The number of ether oxygens (including phenoxy) is 1. The van der Waals surface area contributed by atoms with Gasteiger partial charge >= 0.3 is 5.97 Å². The lowest BCUT2D eigenvalue weighted by Crippen LogP contribution is -2.17. The van der Waals surface area contributed by atoms with Crippen LogP contribution in [0.3, 0.4) is 0 Å². The molecule has 0 saturated heterocycles. The highest BCUT2D eigenvalue weighted by Gasteiger charge is 2.18. The van der Waals surface area contributed by atoms with Crippen molar-refractivity contribution in [2.24, 2.45) is 5.92 Å². The number of aromatic nitrogens is 2. The van der Waals surface area contributed by atoms with Gasteiger partial charge in [-0.05, 0) is 24.5 Å². The smallest absolute Gasteiger partial charge is 0.315 e. The summed E-state index contributed by atoms with van der Waals surface area (Å²) in [5.74, 6) is 0.325. The van der Waals surface area contributed by atoms with Crippen molar-refractivity contribution in [1.29, 1.82) is 0 Å². The summed E-state index contributed by atoms with van der Waals surface area (Å²) in [5, 5.41) is 4.59. The van der Waals surface area contributed by atoms with Crippen molar-refractivity contribution >= 4 is 5.97 Å². The van der Waals surface area contributed by atoms with Crippen LogP contribution in [0.4, 0.5) is 0 Å². The Hall–Kier alpha value is -2.10. The molecule has 0 aliphatic rings. The maximum Gasteiger partial charge on any atom is 0.315 e. The Bertz CT molecular complexity index is 642. The average Bonchev–Trinajstić information content (AvgIpc) is 2.83. The Morgan fingerprint density at radius 2 is 1.86 bits per heavy atom. The minimum atomic E-state index is -0.250. The van der Waals surface area contributed by atoms with Crippen LogP contribution >= 0.6 is 0 Å². The summed E-state index contributed by atoms with van der Waals surface area (Å²) in [6.07, 6.45) is 0. The summed E-state index contributed by atoms with van der Waals surface area (Å²) in [6, 6.07) is 9.76. The summed E-state index contributed by atoms with van der Waals surface area (Å²) in [4.78, 5) is 11.9. The number of nitrogens with zero attached hydrogens (tertiary/aromatic N) is 2. The zero-order chi connectivity index (χ0) is 15.6. The van der Waals surface area contributed by atoms with E-state index in [4.69, 9.17) is 4.74 Å². The summed E-state index contributed by atoms with van der Waals surface area (Å²) in [7, 11) is 0. The Balaban J connectivity index is 2.48. The number of benzene rings is 1. The molecular weight excluding hydrogens is 264 g/mol. The van der Waals surface area contributed by atoms with E-state index < -0.39 is 0 Å². The van der Waals surface area contributed by atoms with Crippen molar-refractivity contribution in [2.45, 2.75) is 40.5 Å². The van der Waals surface area contributed by atoms with Crippen LogP contribution in [0.1, 0.15) is 44.9 Å². The molecule has 4 nitrogen and oxygen atoms in total. The van der Waals surface area contributed by atoms with Crippen LogP contribution in [-0.4, -0.2) is 15.7 Å². The largest absolute Gasteiger partial charge is 0.407 e. The number of aryl methyl sites for hydroxylation is 1. The molecule has 0 saturated carbocycles. The van der Waals surface area contributed by atoms with E-state index in [9.17, 15) is 4.79 Å². The second-order valence-corrected chi connectivity index (χ2v) is 5.84. The topological polar surface area (TPSA) is 44.1 Å². The van der Waals surface area contributed by atoms with Crippen molar-refractivity contribution < 1.29 is 9.53 Å². The van der Waals surface area contributed by atoms with Crippen molar-refractivity contribution in [3.8, 4) is 11.6 Å². The van der Waals surface area contributed by atoms with E-state index in [0.29, 0.717) is 5.88 Å². The fourth-order valence-corrected chi connectivity index (χ4v) is 1.93. The molecule has 1 aromatic carbocycles. The summed E-state index contributed by atoms with van der Waals surface area (Å²) in [6.45, 7) is 9.79. The van der Waals surface area contributed by atoms with Crippen LogP contribution in [0, 0.1) is 12.8 Å². The van der Waals surface area contributed by atoms with Gasteiger partial charge in [0.25, 0.3) is 0 Å². The molecule has 0 fully saturated rings. The zero-order valence-electron chi connectivity index (χ0n) is 13.3. The molecule has 0 aliphatic carbocycles. The number of carbonyl (C=O) groups excluding carboxylic acids is 1. The molecule has 0 atom stereocenters. The van der Waals surface area contributed by atoms with Crippen LogP contribution < -0.4 is 4.74 Å². The van der Waals surface area contributed by atoms with E-state index in [1.165, 1.54) is 0 Å². The molecule has 4 heteroatoms. The Morgan fingerprint density at radius 1 is 1.19 bits per heavy atom. The number of hydrogen-bond donors (Lipinski definition) is 0. The first-order valence-electron chi connectivity index (χ1n) is 7.27. The number of para-hydroxylation sites is 1. The predicted molar refractivity (Wildman–Crippen MR) is 82.9 cm³/mol. The molecule has 0 N–H and O–H groups in total. The lowest BCUT2D eigenvalue weighted by atomic mass is 10.1. The quantitative estimate of drug-likeness (QED) is 0.801. The van der Waals surface area contributed by atoms with Gasteiger partial charge in [-0.25, -0.2) is 4.68 Å². The second-order valence-electron chi connectivity index (χ2n) is 5.84. The first-order valence-corrected chi connectivity index (χ1v) is 7.27. The normalized spacial score (nSPS) is 11.2. The molecule has 2 aromatic rings. The van der Waals surface area contributed by atoms with Gasteiger partial charge in [-0.1, -0.05) is 45.9 Å². The van der Waals surface area contributed by atoms with Crippen molar-refractivity contribution in [3.05, 3.63) is 41.6 Å². The fourth-order valence-electron chi connectivity index (χ4n) is 1.93. The molecule has 2 rings (SSSR count). The summed E-state index contributed by atoms with van der Waals surface area (Å²) >= 11 is 0.